The van der Waals surface area contributed by atoms with Crippen molar-refractivity contribution in [3.63, 3.8) is 0 Å². The van der Waals surface area contributed by atoms with E-state index in [0.29, 0.717) is 0 Å². The van der Waals surface area contributed by atoms with Gasteiger partial charge < -0.3 is 4.98 Å². The van der Waals surface area contributed by atoms with Crippen LogP contribution in [-0.4, -0.2) is 8.24 Å². The van der Waals surface area contributed by atoms with E-state index < -0.39 is 8.24 Å². The minimum absolute atomic E-state index is 0.777. The molecule has 0 aliphatic heterocycles. The first kappa shape index (κ1) is 13.8. The summed E-state index contributed by atoms with van der Waals surface area (Å²) in [5, 5.41) is 0. The fourth-order valence-corrected chi connectivity index (χ4v) is 8.18. The molecule has 0 rings (SSSR count). The number of nitrogens with one attached hydrogen (secondary N) is 1. The van der Waals surface area contributed by atoms with Gasteiger partial charge in [-0.1, -0.05) is 47.6 Å². The minimum atomic E-state index is -1.39. The van der Waals surface area contributed by atoms with Gasteiger partial charge in [0, 0.05) is 0 Å². The van der Waals surface area contributed by atoms with E-state index in [0.717, 1.165) is 16.6 Å². The van der Waals surface area contributed by atoms with Crippen molar-refractivity contribution >= 4 is 8.24 Å². The van der Waals surface area contributed by atoms with Gasteiger partial charge in [-0.05, 0) is 29.7 Å². The SMILES string of the molecule is CC=CN[Si](C(C)C)(C(C)C)C(C)C. The second-order valence-corrected chi connectivity index (χ2v) is 10.7. The molecule has 14 heavy (non-hydrogen) atoms. The van der Waals surface area contributed by atoms with Crippen LogP contribution in [0.1, 0.15) is 48.5 Å². The van der Waals surface area contributed by atoms with Crippen molar-refractivity contribution in [3.05, 3.63) is 12.3 Å². The fraction of sp³-hybridized carbons (Fsp3) is 0.833. The first-order valence-electron chi connectivity index (χ1n) is 5.78. The molecule has 0 amide bonds. The van der Waals surface area contributed by atoms with E-state index in [9.17, 15) is 0 Å². The van der Waals surface area contributed by atoms with Crippen LogP contribution in [0.15, 0.2) is 12.3 Å². The highest BCUT2D eigenvalue weighted by Gasteiger charge is 2.42. The molecule has 0 atom stereocenters. The van der Waals surface area contributed by atoms with Crippen LogP contribution < -0.4 is 4.98 Å². The van der Waals surface area contributed by atoms with E-state index in [2.05, 4.69) is 65.7 Å². The van der Waals surface area contributed by atoms with Crippen LogP contribution in [0.2, 0.25) is 16.6 Å². The lowest BCUT2D eigenvalue weighted by atomic mass is 10.5. The van der Waals surface area contributed by atoms with E-state index in [1.807, 2.05) is 0 Å². The Bertz CT molecular complexity index is 161. The summed E-state index contributed by atoms with van der Waals surface area (Å²) >= 11 is 0. The average molecular weight is 213 g/mol. The van der Waals surface area contributed by atoms with Gasteiger partial charge in [0.15, 0.2) is 8.24 Å². The van der Waals surface area contributed by atoms with Crippen molar-refractivity contribution in [2.45, 2.75) is 65.1 Å². The summed E-state index contributed by atoms with van der Waals surface area (Å²) in [5.74, 6) is 0. The lowest BCUT2D eigenvalue weighted by Crippen LogP contribution is -2.55. The largest absolute Gasteiger partial charge is 0.416 e. The van der Waals surface area contributed by atoms with E-state index >= 15 is 0 Å². The monoisotopic (exact) mass is 213 g/mol. The standard InChI is InChI=1S/C12H27NSi/c1-8-9-13-14(10(2)3,11(4)5)12(6)7/h8-13H,1-7H3. The highest BCUT2D eigenvalue weighted by molar-refractivity contribution is 6.81. The van der Waals surface area contributed by atoms with Gasteiger partial charge in [0.25, 0.3) is 0 Å². The summed E-state index contributed by atoms with van der Waals surface area (Å²) in [5.41, 5.74) is 2.33. The molecule has 2 heteroatoms. The van der Waals surface area contributed by atoms with Gasteiger partial charge in [-0.2, -0.15) is 0 Å². The van der Waals surface area contributed by atoms with Crippen LogP contribution in [0.25, 0.3) is 0 Å². The van der Waals surface area contributed by atoms with Crippen molar-refractivity contribution < 1.29 is 0 Å². The summed E-state index contributed by atoms with van der Waals surface area (Å²) < 4.78 is 0. The van der Waals surface area contributed by atoms with Gasteiger partial charge in [-0.15, -0.1) is 0 Å². The third-order valence-electron chi connectivity index (χ3n) is 3.37. The molecule has 0 saturated carbocycles. The maximum absolute atomic E-state index is 3.74. The lowest BCUT2D eigenvalue weighted by Gasteiger charge is -2.42. The molecule has 0 aliphatic carbocycles. The Kier molecular flexibility index (Phi) is 5.50. The van der Waals surface area contributed by atoms with Crippen molar-refractivity contribution in [1.29, 1.82) is 0 Å². The third-order valence-corrected chi connectivity index (χ3v) is 9.76. The minimum Gasteiger partial charge on any atom is -0.416 e. The Balaban J connectivity index is 4.94. The zero-order valence-corrected chi connectivity index (χ0v) is 11.9. The highest BCUT2D eigenvalue weighted by Crippen LogP contribution is 2.38. The molecule has 0 radical (unpaired) electrons. The van der Waals surface area contributed by atoms with Gasteiger partial charge in [0.2, 0.25) is 0 Å². The molecule has 0 aliphatic rings. The summed E-state index contributed by atoms with van der Waals surface area (Å²) in [6.07, 6.45) is 4.25. The average Bonchev–Trinajstić information content (AvgIpc) is 2.03. The molecule has 84 valence electrons. The molecule has 0 heterocycles. The predicted molar refractivity (Wildman–Crippen MR) is 69.0 cm³/mol. The molecular formula is C12H27NSi. The fourth-order valence-electron chi connectivity index (χ4n) is 2.73. The van der Waals surface area contributed by atoms with Gasteiger partial charge >= 0.3 is 0 Å². The molecule has 0 aromatic carbocycles. The molecule has 1 nitrogen and oxygen atoms in total. The number of rotatable bonds is 5. The summed E-state index contributed by atoms with van der Waals surface area (Å²) in [7, 11) is -1.39. The summed E-state index contributed by atoms with van der Waals surface area (Å²) in [6, 6.07) is 0. The van der Waals surface area contributed by atoms with E-state index in [1.165, 1.54) is 0 Å². The van der Waals surface area contributed by atoms with Gasteiger partial charge in [0.05, 0.1) is 0 Å². The van der Waals surface area contributed by atoms with Crippen molar-refractivity contribution in [1.82, 2.24) is 4.98 Å². The Morgan fingerprint density at radius 3 is 1.43 bits per heavy atom. The molecule has 0 fully saturated rings. The zero-order chi connectivity index (χ0) is 11.4. The quantitative estimate of drug-likeness (QED) is 0.672. The molecule has 0 spiro atoms. The van der Waals surface area contributed by atoms with E-state index in [1.54, 1.807) is 0 Å². The molecule has 1 N–H and O–H groups in total. The number of hydrogen-bond acceptors (Lipinski definition) is 1. The summed E-state index contributed by atoms with van der Waals surface area (Å²) in [6.45, 7) is 16.3. The van der Waals surface area contributed by atoms with Crippen LogP contribution in [0, 0.1) is 0 Å². The molecule has 0 saturated heterocycles. The Morgan fingerprint density at radius 2 is 1.21 bits per heavy atom. The van der Waals surface area contributed by atoms with Crippen molar-refractivity contribution in [2.24, 2.45) is 0 Å². The van der Waals surface area contributed by atoms with Crippen molar-refractivity contribution in [2.75, 3.05) is 0 Å². The van der Waals surface area contributed by atoms with Crippen LogP contribution in [0.3, 0.4) is 0 Å². The summed E-state index contributed by atoms with van der Waals surface area (Å²) in [4.78, 5) is 3.74. The van der Waals surface area contributed by atoms with Gasteiger partial charge in [0.1, 0.15) is 0 Å². The lowest BCUT2D eigenvalue weighted by molar-refractivity contribution is 0.779. The second-order valence-electron chi connectivity index (χ2n) is 5.04. The molecule has 0 aromatic rings. The van der Waals surface area contributed by atoms with Crippen molar-refractivity contribution in [3.8, 4) is 0 Å². The molecule has 0 unspecified atom stereocenters. The predicted octanol–water partition coefficient (Wildman–Crippen LogP) is 4.29. The van der Waals surface area contributed by atoms with E-state index in [4.69, 9.17) is 0 Å². The topological polar surface area (TPSA) is 12.0 Å². The normalized spacial score (nSPS) is 13.6. The Labute approximate surface area is 91.1 Å². The first-order valence-corrected chi connectivity index (χ1v) is 8.01. The van der Waals surface area contributed by atoms with E-state index in [-0.39, 0.29) is 0 Å². The van der Waals surface area contributed by atoms with Crippen LogP contribution >= 0.6 is 0 Å². The maximum Gasteiger partial charge on any atom is 0.160 e. The Hall–Kier alpha value is -0.243. The number of allylic oxidation sites excluding steroid dienone is 1. The second kappa shape index (κ2) is 5.59. The Morgan fingerprint density at radius 1 is 0.857 bits per heavy atom. The van der Waals surface area contributed by atoms with Gasteiger partial charge in [-0.25, -0.2) is 0 Å². The highest BCUT2D eigenvalue weighted by atomic mass is 28.3. The van der Waals surface area contributed by atoms with Gasteiger partial charge in [-0.3, -0.25) is 0 Å². The third kappa shape index (κ3) is 2.63. The molecule has 0 bridgehead atoms. The molecule has 0 aromatic heterocycles. The smallest absolute Gasteiger partial charge is 0.160 e. The van der Waals surface area contributed by atoms with Crippen LogP contribution in [0.5, 0.6) is 0 Å². The first-order chi connectivity index (χ1) is 6.39. The van der Waals surface area contributed by atoms with Crippen LogP contribution in [-0.2, 0) is 0 Å². The molecular weight excluding hydrogens is 186 g/mol. The zero-order valence-electron chi connectivity index (χ0n) is 10.9. The van der Waals surface area contributed by atoms with Crippen LogP contribution in [0.4, 0.5) is 0 Å². The number of hydrogen-bond donors (Lipinski definition) is 1. The maximum atomic E-state index is 3.74.